The largest absolute Gasteiger partial charge is 0.573 e. The number of benzene rings is 2. The van der Waals surface area contributed by atoms with Gasteiger partial charge in [0.25, 0.3) is 0 Å². The maximum Gasteiger partial charge on any atom is 0.573 e. The molecule has 1 aliphatic heterocycles. The fourth-order valence-electron chi connectivity index (χ4n) is 3.29. The van der Waals surface area contributed by atoms with E-state index >= 15 is 0 Å². The molecule has 1 heterocycles. The second-order valence-corrected chi connectivity index (χ2v) is 6.47. The van der Waals surface area contributed by atoms with Gasteiger partial charge >= 0.3 is 12.3 Å². The lowest BCUT2D eigenvalue weighted by Crippen LogP contribution is -2.45. The highest BCUT2D eigenvalue weighted by Crippen LogP contribution is 2.32. The standard InChI is InChI=1S/C20H21F3N2O3/c1-14(26)27-17-6-2-15(3-7-17)19(25-12-10-24-11-13-25)16-4-8-18(9-5-16)28-20(21,22)23/h2-9,19,24H,10-13H2,1H3/t19-/m0/s1. The third-order valence-corrected chi connectivity index (χ3v) is 4.40. The minimum atomic E-state index is -4.72. The second-order valence-electron chi connectivity index (χ2n) is 6.47. The molecule has 28 heavy (non-hydrogen) atoms. The van der Waals surface area contributed by atoms with Crippen molar-refractivity contribution in [3.05, 3.63) is 59.7 Å². The molecule has 1 fully saturated rings. The van der Waals surface area contributed by atoms with Crippen LogP contribution in [0.4, 0.5) is 13.2 Å². The SMILES string of the molecule is CC(=O)Oc1ccc([C@@H](c2ccc(OC(F)(F)F)cc2)N2CCNCC2)cc1. The van der Waals surface area contributed by atoms with Crippen molar-refractivity contribution < 1.29 is 27.4 Å². The molecule has 1 atom stereocenters. The molecule has 0 aromatic heterocycles. The summed E-state index contributed by atoms with van der Waals surface area (Å²) >= 11 is 0. The normalized spacial score (nSPS) is 16.4. The summed E-state index contributed by atoms with van der Waals surface area (Å²) in [5.41, 5.74) is 1.82. The molecule has 150 valence electrons. The van der Waals surface area contributed by atoms with Gasteiger partial charge in [0.2, 0.25) is 0 Å². The maximum atomic E-state index is 12.4. The van der Waals surface area contributed by atoms with E-state index in [0.29, 0.717) is 5.75 Å². The Morgan fingerprint density at radius 3 is 1.93 bits per heavy atom. The van der Waals surface area contributed by atoms with Gasteiger partial charge in [-0.05, 0) is 35.4 Å². The quantitative estimate of drug-likeness (QED) is 0.621. The third-order valence-electron chi connectivity index (χ3n) is 4.40. The zero-order chi connectivity index (χ0) is 20.1. The molecule has 0 amide bonds. The molecule has 0 radical (unpaired) electrons. The molecular formula is C20H21F3N2O3. The Kier molecular flexibility index (Phi) is 6.21. The van der Waals surface area contributed by atoms with Crippen molar-refractivity contribution in [3.63, 3.8) is 0 Å². The number of hydrogen-bond acceptors (Lipinski definition) is 5. The Labute approximate surface area is 161 Å². The number of hydrogen-bond donors (Lipinski definition) is 1. The lowest BCUT2D eigenvalue weighted by atomic mass is 9.96. The Bertz CT molecular complexity index is 786. The molecule has 1 N–H and O–H groups in total. The summed E-state index contributed by atoms with van der Waals surface area (Å²) in [7, 11) is 0. The van der Waals surface area contributed by atoms with Gasteiger partial charge < -0.3 is 14.8 Å². The van der Waals surface area contributed by atoms with Crippen molar-refractivity contribution in [1.82, 2.24) is 10.2 Å². The Morgan fingerprint density at radius 2 is 1.46 bits per heavy atom. The maximum absolute atomic E-state index is 12.4. The average Bonchev–Trinajstić information content (AvgIpc) is 2.64. The van der Waals surface area contributed by atoms with E-state index in [0.717, 1.165) is 37.3 Å². The van der Waals surface area contributed by atoms with E-state index in [1.807, 2.05) is 12.1 Å². The van der Waals surface area contributed by atoms with Crippen LogP contribution in [-0.2, 0) is 4.79 Å². The Hall–Kier alpha value is -2.58. The molecule has 3 rings (SSSR count). The average molecular weight is 394 g/mol. The molecule has 1 aliphatic rings. The highest BCUT2D eigenvalue weighted by Gasteiger charge is 2.31. The minimum Gasteiger partial charge on any atom is -0.427 e. The number of nitrogens with one attached hydrogen (secondary N) is 1. The van der Waals surface area contributed by atoms with Crippen LogP contribution in [0, 0.1) is 0 Å². The number of piperazine rings is 1. The zero-order valence-electron chi connectivity index (χ0n) is 15.3. The van der Waals surface area contributed by atoms with Crippen LogP contribution in [0.15, 0.2) is 48.5 Å². The van der Waals surface area contributed by atoms with Crippen molar-refractivity contribution in [1.29, 1.82) is 0 Å². The van der Waals surface area contributed by atoms with E-state index in [4.69, 9.17) is 4.74 Å². The summed E-state index contributed by atoms with van der Waals surface area (Å²) in [5.74, 6) is -0.198. The molecule has 2 aromatic rings. The van der Waals surface area contributed by atoms with Crippen LogP contribution in [0.2, 0.25) is 0 Å². The first-order valence-electron chi connectivity index (χ1n) is 8.91. The molecule has 0 unspecified atom stereocenters. The topological polar surface area (TPSA) is 50.8 Å². The van der Waals surface area contributed by atoms with Gasteiger partial charge in [-0.3, -0.25) is 9.69 Å². The van der Waals surface area contributed by atoms with Gasteiger partial charge in [-0.1, -0.05) is 24.3 Å². The number of halogens is 3. The molecular weight excluding hydrogens is 373 g/mol. The number of ether oxygens (including phenoxy) is 2. The first-order valence-corrected chi connectivity index (χ1v) is 8.91. The fourth-order valence-corrected chi connectivity index (χ4v) is 3.29. The molecule has 0 spiro atoms. The monoisotopic (exact) mass is 394 g/mol. The van der Waals surface area contributed by atoms with Gasteiger partial charge in [0.05, 0.1) is 6.04 Å². The number of carbonyl (C=O) groups is 1. The molecule has 8 heteroatoms. The summed E-state index contributed by atoms with van der Waals surface area (Å²) < 4.78 is 46.3. The zero-order valence-corrected chi connectivity index (χ0v) is 15.3. The van der Waals surface area contributed by atoms with Crippen LogP contribution < -0.4 is 14.8 Å². The van der Waals surface area contributed by atoms with Gasteiger partial charge in [0.1, 0.15) is 11.5 Å². The van der Waals surface area contributed by atoms with Crippen molar-refractivity contribution >= 4 is 5.97 Å². The van der Waals surface area contributed by atoms with E-state index in [1.54, 1.807) is 24.3 Å². The van der Waals surface area contributed by atoms with Crippen LogP contribution in [0.25, 0.3) is 0 Å². The smallest absolute Gasteiger partial charge is 0.427 e. The van der Waals surface area contributed by atoms with E-state index in [2.05, 4.69) is 15.0 Å². The summed E-state index contributed by atoms with van der Waals surface area (Å²) in [6.07, 6.45) is -4.72. The van der Waals surface area contributed by atoms with Crippen molar-refractivity contribution in [2.24, 2.45) is 0 Å². The van der Waals surface area contributed by atoms with E-state index in [9.17, 15) is 18.0 Å². The number of nitrogens with zero attached hydrogens (tertiary/aromatic N) is 1. The molecule has 5 nitrogen and oxygen atoms in total. The van der Waals surface area contributed by atoms with Crippen molar-refractivity contribution in [2.45, 2.75) is 19.3 Å². The predicted octanol–water partition coefficient (Wildman–Crippen LogP) is 3.51. The molecule has 0 saturated carbocycles. The summed E-state index contributed by atoms with van der Waals surface area (Å²) in [6.45, 7) is 4.60. The number of rotatable bonds is 5. The van der Waals surface area contributed by atoms with Crippen molar-refractivity contribution in [2.75, 3.05) is 26.2 Å². The summed E-state index contributed by atoms with van der Waals surface area (Å²) in [5, 5.41) is 3.29. The number of esters is 1. The van der Waals surface area contributed by atoms with Gasteiger partial charge in [-0.25, -0.2) is 0 Å². The van der Waals surface area contributed by atoms with Crippen LogP contribution in [0.3, 0.4) is 0 Å². The number of carbonyl (C=O) groups excluding carboxylic acids is 1. The first-order chi connectivity index (χ1) is 13.3. The highest BCUT2D eigenvalue weighted by atomic mass is 19.4. The van der Waals surface area contributed by atoms with Crippen LogP contribution in [0.1, 0.15) is 24.1 Å². The molecule has 0 aliphatic carbocycles. The van der Waals surface area contributed by atoms with Gasteiger partial charge in [0.15, 0.2) is 0 Å². The Morgan fingerprint density at radius 1 is 0.964 bits per heavy atom. The van der Waals surface area contributed by atoms with Gasteiger partial charge in [0, 0.05) is 33.1 Å². The van der Waals surface area contributed by atoms with E-state index < -0.39 is 12.3 Å². The lowest BCUT2D eigenvalue weighted by Gasteiger charge is -2.35. The second kappa shape index (κ2) is 8.62. The van der Waals surface area contributed by atoms with Crippen molar-refractivity contribution in [3.8, 4) is 11.5 Å². The number of alkyl halides is 3. The highest BCUT2D eigenvalue weighted by molar-refractivity contribution is 5.69. The van der Waals surface area contributed by atoms with E-state index in [1.165, 1.54) is 19.1 Å². The first kappa shape index (κ1) is 20.2. The molecule has 2 aromatic carbocycles. The Balaban J connectivity index is 1.87. The van der Waals surface area contributed by atoms with Crippen LogP contribution >= 0.6 is 0 Å². The van der Waals surface area contributed by atoms with Gasteiger partial charge in [-0.15, -0.1) is 13.2 Å². The van der Waals surface area contributed by atoms with Gasteiger partial charge in [-0.2, -0.15) is 0 Å². The molecule has 1 saturated heterocycles. The lowest BCUT2D eigenvalue weighted by molar-refractivity contribution is -0.274. The minimum absolute atomic E-state index is 0.131. The summed E-state index contributed by atoms with van der Waals surface area (Å²) in [6, 6.07) is 13.0. The molecule has 0 bridgehead atoms. The third kappa shape index (κ3) is 5.46. The fraction of sp³-hybridized carbons (Fsp3) is 0.350. The van der Waals surface area contributed by atoms with Crippen LogP contribution in [-0.4, -0.2) is 43.4 Å². The van der Waals surface area contributed by atoms with Crippen LogP contribution in [0.5, 0.6) is 11.5 Å². The summed E-state index contributed by atoms with van der Waals surface area (Å²) in [4.78, 5) is 13.4. The van der Waals surface area contributed by atoms with E-state index in [-0.39, 0.29) is 11.8 Å². The predicted molar refractivity (Wildman–Crippen MR) is 97.2 cm³/mol.